The first-order valence-corrected chi connectivity index (χ1v) is 9.36. The third-order valence-electron chi connectivity index (χ3n) is 5.52. The van der Waals surface area contributed by atoms with E-state index in [2.05, 4.69) is 0 Å². The second-order valence-corrected chi connectivity index (χ2v) is 7.26. The van der Waals surface area contributed by atoms with Crippen molar-refractivity contribution in [3.63, 3.8) is 0 Å². The number of carbonyl (C=O) groups is 2. The maximum absolute atomic E-state index is 13.2. The van der Waals surface area contributed by atoms with Crippen molar-refractivity contribution in [2.24, 2.45) is 0 Å². The van der Waals surface area contributed by atoms with E-state index < -0.39 is 10.8 Å². The number of hydrogen-bond acceptors (Lipinski definition) is 4. The Labute approximate surface area is 162 Å². The minimum absolute atomic E-state index is 0.0308. The largest absolute Gasteiger partial charge is 0.294 e. The molecule has 0 fully saturated rings. The molecule has 0 radical (unpaired) electrons. The van der Waals surface area contributed by atoms with Gasteiger partial charge in [0.2, 0.25) is 5.91 Å². The monoisotopic (exact) mass is 376 g/mol. The third-order valence-corrected chi connectivity index (χ3v) is 5.52. The molecule has 0 bridgehead atoms. The van der Waals surface area contributed by atoms with E-state index in [1.165, 1.54) is 12.1 Å². The summed E-state index contributed by atoms with van der Waals surface area (Å²) in [5, 5.41) is 11.2. The molecule has 4 rings (SSSR count). The van der Waals surface area contributed by atoms with Crippen LogP contribution in [0.1, 0.15) is 42.7 Å². The van der Waals surface area contributed by atoms with E-state index in [0.29, 0.717) is 30.4 Å². The van der Waals surface area contributed by atoms with Crippen molar-refractivity contribution in [1.82, 2.24) is 0 Å². The molecule has 142 valence electrons. The van der Waals surface area contributed by atoms with E-state index in [9.17, 15) is 19.7 Å². The van der Waals surface area contributed by atoms with Gasteiger partial charge in [0.15, 0.2) is 5.78 Å². The van der Waals surface area contributed by atoms with Gasteiger partial charge >= 0.3 is 0 Å². The number of rotatable bonds is 3. The van der Waals surface area contributed by atoms with Crippen LogP contribution in [0.2, 0.25) is 0 Å². The number of para-hydroxylation sites is 1. The first-order chi connectivity index (χ1) is 13.5. The number of anilines is 1. The molecule has 1 aliphatic carbocycles. The molecule has 1 atom stereocenters. The predicted molar refractivity (Wildman–Crippen MR) is 105 cm³/mol. The Hall–Kier alpha value is -3.28. The Morgan fingerprint density at radius 1 is 1.07 bits per heavy atom. The summed E-state index contributed by atoms with van der Waals surface area (Å²) in [6, 6.07) is 13.9. The molecule has 1 amide bonds. The summed E-state index contributed by atoms with van der Waals surface area (Å²) >= 11 is 0. The molecule has 0 N–H and O–H groups in total. The van der Waals surface area contributed by atoms with Crippen molar-refractivity contribution < 1.29 is 14.5 Å². The fourth-order valence-electron chi connectivity index (χ4n) is 4.23. The molecule has 1 aliphatic heterocycles. The summed E-state index contributed by atoms with van der Waals surface area (Å²) in [5.74, 6) is -0.487. The van der Waals surface area contributed by atoms with Crippen molar-refractivity contribution in [1.29, 1.82) is 0 Å². The van der Waals surface area contributed by atoms with Gasteiger partial charge in [-0.25, -0.2) is 0 Å². The smallest absolute Gasteiger partial charge is 0.269 e. The van der Waals surface area contributed by atoms with E-state index in [-0.39, 0.29) is 23.8 Å². The zero-order valence-corrected chi connectivity index (χ0v) is 15.6. The molecule has 2 aliphatic rings. The Bertz CT molecular complexity index is 1020. The van der Waals surface area contributed by atoms with Crippen LogP contribution in [0.4, 0.5) is 11.4 Å². The lowest BCUT2D eigenvalue weighted by molar-refractivity contribution is -0.384. The minimum atomic E-state index is -0.453. The Balaban J connectivity index is 1.87. The second kappa shape index (κ2) is 7.03. The number of non-ortho nitro benzene ring substituents is 1. The SMILES string of the molecule is Cc1ccccc1N1C(=O)CC(c2cccc([N+](=O)[O-])c2)C2=C1CCCC2=O. The zero-order valence-electron chi connectivity index (χ0n) is 15.6. The minimum Gasteiger partial charge on any atom is -0.294 e. The van der Waals surface area contributed by atoms with Crippen molar-refractivity contribution in [2.75, 3.05) is 4.90 Å². The number of Topliss-reactive ketones (excluding diaryl/α,β-unsaturated/α-hetero) is 1. The third kappa shape index (κ3) is 3.01. The molecule has 0 aromatic heterocycles. The number of carbonyl (C=O) groups excluding carboxylic acids is 2. The average molecular weight is 376 g/mol. The Morgan fingerprint density at radius 3 is 2.61 bits per heavy atom. The molecule has 0 spiro atoms. The maximum Gasteiger partial charge on any atom is 0.269 e. The van der Waals surface area contributed by atoms with Crippen molar-refractivity contribution in [3.8, 4) is 0 Å². The fourth-order valence-corrected chi connectivity index (χ4v) is 4.23. The molecule has 0 saturated heterocycles. The van der Waals surface area contributed by atoms with Crippen LogP contribution in [0.5, 0.6) is 0 Å². The Kier molecular flexibility index (Phi) is 4.55. The molecule has 2 aromatic carbocycles. The first kappa shape index (κ1) is 18.1. The lowest BCUT2D eigenvalue weighted by atomic mass is 9.77. The number of nitro groups is 1. The number of hydrogen-bond donors (Lipinski definition) is 0. The Morgan fingerprint density at radius 2 is 1.86 bits per heavy atom. The molecular formula is C22H20N2O4. The van der Waals surface area contributed by atoms with E-state index in [0.717, 1.165) is 16.9 Å². The van der Waals surface area contributed by atoms with Gasteiger partial charge in [0, 0.05) is 42.2 Å². The number of nitro benzene ring substituents is 1. The van der Waals surface area contributed by atoms with Gasteiger partial charge in [-0.15, -0.1) is 0 Å². The van der Waals surface area contributed by atoms with Crippen LogP contribution in [0.3, 0.4) is 0 Å². The number of allylic oxidation sites excluding steroid dienone is 2. The van der Waals surface area contributed by atoms with Crippen LogP contribution in [0, 0.1) is 17.0 Å². The predicted octanol–water partition coefficient (Wildman–Crippen LogP) is 4.43. The summed E-state index contributed by atoms with van der Waals surface area (Å²) < 4.78 is 0. The quantitative estimate of drug-likeness (QED) is 0.586. The average Bonchev–Trinajstić information content (AvgIpc) is 2.68. The highest BCUT2D eigenvalue weighted by Gasteiger charge is 2.40. The van der Waals surface area contributed by atoms with E-state index in [1.54, 1.807) is 17.0 Å². The van der Waals surface area contributed by atoms with Gasteiger partial charge in [0.25, 0.3) is 5.69 Å². The normalized spacial score (nSPS) is 19.6. The highest BCUT2D eigenvalue weighted by molar-refractivity contribution is 6.07. The molecule has 6 nitrogen and oxygen atoms in total. The highest BCUT2D eigenvalue weighted by Crippen LogP contribution is 2.44. The van der Waals surface area contributed by atoms with Crippen LogP contribution < -0.4 is 4.90 Å². The summed E-state index contributed by atoms with van der Waals surface area (Å²) in [5.41, 5.74) is 3.76. The van der Waals surface area contributed by atoms with Gasteiger partial charge in [-0.05, 0) is 37.0 Å². The fraction of sp³-hybridized carbons (Fsp3) is 0.273. The summed E-state index contributed by atoms with van der Waals surface area (Å²) in [7, 11) is 0. The van der Waals surface area contributed by atoms with Gasteiger partial charge < -0.3 is 0 Å². The van der Waals surface area contributed by atoms with Gasteiger partial charge in [0.1, 0.15) is 0 Å². The van der Waals surface area contributed by atoms with Crippen LogP contribution in [0.25, 0.3) is 0 Å². The molecule has 0 saturated carbocycles. The number of ketones is 1. The maximum atomic E-state index is 13.2. The van der Waals surface area contributed by atoms with Crippen LogP contribution in [-0.2, 0) is 9.59 Å². The molecular weight excluding hydrogens is 356 g/mol. The van der Waals surface area contributed by atoms with Crippen molar-refractivity contribution in [3.05, 3.63) is 81.0 Å². The number of nitrogens with zero attached hydrogens (tertiary/aromatic N) is 2. The molecule has 6 heteroatoms. The topological polar surface area (TPSA) is 80.5 Å². The molecule has 1 unspecified atom stereocenters. The van der Waals surface area contributed by atoms with Gasteiger partial charge in [-0.3, -0.25) is 24.6 Å². The first-order valence-electron chi connectivity index (χ1n) is 9.36. The molecule has 1 heterocycles. The van der Waals surface area contributed by atoms with E-state index >= 15 is 0 Å². The van der Waals surface area contributed by atoms with Gasteiger partial charge in [0.05, 0.1) is 10.6 Å². The van der Waals surface area contributed by atoms with Crippen LogP contribution >= 0.6 is 0 Å². The van der Waals surface area contributed by atoms with Crippen molar-refractivity contribution >= 4 is 23.1 Å². The zero-order chi connectivity index (χ0) is 19.8. The van der Waals surface area contributed by atoms with Crippen LogP contribution in [0.15, 0.2) is 59.8 Å². The lowest BCUT2D eigenvalue weighted by Gasteiger charge is -2.38. The molecule has 2 aromatic rings. The van der Waals surface area contributed by atoms with E-state index in [4.69, 9.17) is 0 Å². The summed E-state index contributed by atoms with van der Waals surface area (Å²) in [6.45, 7) is 1.94. The number of aryl methyl sites for hydroxylation is 1. The number of amides is 1. The van der Waals surface area contributed by atoms with E-state index in [1.807, 2.05) is 31.2 Å². The highest BCUT2D eigenvalue weighted by atomic mass is 16.6. The van der Waals surface area contributed by atoms with Crippen molar-refractivity contribution in [2.45, 2.75) is 38.5 Å². The van der Waals surface area contributed by atoms with Gasteiger partial charge in [-0.1, -0.05) is 30.3 Å². The number of benzene rings is 2. The van der Waals surface area contributed by atoms with Crippen LogP contribution in [-0.4, -0.2) is 16.6 Å². The summed E-state index contributed by atoms with van der Waals surface area (Å²) in [4.78, 5) is 38.4. The van der Waals surface area contributed by atoms with Gasteiger partial charge in [-0.2, -0.15) is 0 Å². The molecule has 28 heavy (non-hydrogen) atoms. The summed E-state index contributed by atoms with van der Waals surface area (Å²) in [6.07, 6.45) is 1.92. The second-order valence-electron chi connectivity index (χ2n) is 7.26. The lowest BCUT2D eigenvalue weighted by Crippen LogP contribution is -2.40. The standard InChI is InChI=1S/C22H20N2O4/c1-14-6-2-3-9-18(14)23-19-10-5-11-20(25)22(19)17(13-21(23)26)15-7-4-8-16(12-15)24(27)28/h2-4,6-9,12,17H,5,10-11,13H2,1H3.